The first kappa shape index (κ1) is 18.0. The molecule has 0 radical (unpaired) electrons. The highest BCUT2D eigenvalue weighted by molar-refractivity contribution is 8.14. The molecule has 1 aliphatic heterocycles. The van der Waals surface area contributed by atoms with Gasteiger partial charge in [0, 0.05) is 18.8 Å². The molecule has 1 aliphatic rings. The van der Waals surface area contributed by atoms with Crippen molar-refractivity contribution in [2.75, 3.05) is 24.2 Å². The summed E-state index contributed by atoms with van der Waals surface area (Å²) >= 11 is 0.929. The monoisotopic (exact) mass is 349 g/mol. The summed E-state index contributed by atoms with van der Waals surface area (Å²) in [5.74, 6) is -1.38. The number of benzene rings is 1. The minimum Gasteiger partial charge on any atom is -0.346 e. The van der Waals surface area contributed by atoms with Crippen molar-refractivity contribution < 1.29 is 19.2 Å². The summed E-state index contributed by atoms with van der Waals surface area (Å²) in [4.78, 5) is 47.4. The second-order valence-electron chi connectivity index (χ2n) is 5.59. The van der Waals surface area contributed by atoms with Gasteiger partial charge in [0.1, 0.15) is 0 Å². The summed E-state index contributed by atoms with van der Waals surface area (Å²) in [5, 5.41) is 4.57. The van der Waals surface area contributed by atoms with Gasteiger partial charge in [0.05, 0.1) is 5.75 Å². The fraction of sp³-hybridized carbons (Fsp3) is 0.375. The van der Waals surface area contributed by atoms with E-state index in [0.717, 1.165) is 22.2 Å². The van der Waals surface area contributed by atoms with Gasteiger partial charge < -0.3 is 10.6 Å². The average Bonchev–Trinajstić information content (AvgIpc) is 2.87. The molecule has 0 bridgehead atoms. The Morgan fingerprint density at radius 3 is 2.38 bits per heavy atom. The van der Waals surface area contributed by atoms with Crippen molar-refractivity contribution in [3.05, 3.63) is 29.8 Å². The molecule has 128 valence electrons. The van der Waals surface area contributed by atoms with Crippen LogP contribution in [0.25, 0.3) is 0 Å². The normalized spacial score (nSPS) is 14.2. The van der Waals surface area contributed by atoms with E-state index in [1.165, 1.54) is 0 Å². The van der Waals surface area contributed by atoms with Crippen LogP contribution >= 0.6 is 11.8 Å². The van der Waals surface area contributed by atoms with E-state index in [0.29, 0.717) is 11.6 Å². The van der Waals surface area contributed by atoms with Crippen molar-refractivity contribution in [3.63, 3.8) is 0 Å². The fourth-order valence-electron chi connectivity index (χ4n) is 2.10. The molecule has 0 unspecified atom stereocenters. The van der Waals surface area contributed by atoms with Crippen molar-refractivity contribution in [2.24, 2.45) is 0 Å². The van der Waals surface area contributed by atoms with E-state index in [2.05, 4.69) is 24.5 Å². The number of carbonyl (C=O) groups is 4. The molecule has 1 fully saturated rings. The SMILES string of the molecule is CC(C)c1ccc(NC(=O)C(=O)NCCN2C(=O)CSC2=O)cc1. The lowest BCUT2D eigenvalue weighted by atomic mass is 10.0. The first-order chi connectivity index (χ1) is 11.4. The number of thioether (sulfide) groups is 1. The van der Waals surface area contributed by atoms with Gasteiger partial charge in [-0.25, -0.2) is 0 Å². The molecule has 2 rings (SSSR count). The van der Waals surface area contributed by atoms with Gasteiger partial charge in [0.2, 0.25) is 5.91 Å². The van der Waals surface area contributed by atoms with Gasteiger partial charge >= 0.3 is 11.8 Å². The second-order valence-corrected chi connectivity index (χ2v) is 6.51. The Labute approximate surface area is 144 Å². The zero-order valence-electron chi connectivity index (χ0n) is 13.5. The van der Waals surface area contributed by atoms with Crippen molar-refractivity contribution in [3.8, 4) is 0 Å². The summed E-state index contributed by atoms with van der Waals surface area (Å²) in [5.41, 5.74) is 1.66. The van der Waals surface area contributed by atoms with Crippen LogP contribution in [0.5, 0.6) is 0 Å². The molecule has 4 amide bonds. The van der Waals surface area contributed by atoms with Gasteiger partial charge in [-0.15, -0.1) is 0 Å². The molecule has 0 atom stereocenters. The second kappa shape index (κ2) is 7.96. The molecule has 0 saturated carbocycles. The minimum atomic E-state index is -0.810. The highest BCUT2D eigenvalue weighted by Gasteiger charge is 2.29. The molecular weight excluding hydrogens is 330 g/mol. The highest BCUT2D eigenvalue weighted by atomic mass is 32.2. The molecule has 1 aromatic rings. The lowest BCUT2D eigenvalue weighted by Gasteiger charge is -2.13. The predicted molar refractivity (Wildman–Crippen MR) is 91.7 cm³/mol. The Morgan fingerprint density at radius 1 is 1.17 bits per heavy atom. The standard InChI is InChI=1S/C16H19N3O4S/c1-10(2)11-3-5-12(6-4-11)18-15(22)14(21)17-7-8-19-13(20)9-24-16(19)23/h3-6,10H,7-9H2,1-2H3,(H,17,21)(H,18,22). The molecule has 0 spiro atoms. The van der Waals surface area contributed by atoms with Crippen LogP contribution in [0.2, 0.25) is 0 Å². The molecule has 1 heterocycles. The zero-order valence-corrected chi connectivity index (χ0v) is 14.3. The largest absolute Gasteiger partial charge is 0.346 e. The Kier molecular flexibility index (Phi) is 5.97. The molecule has 1 saturated heterocycles. The quantitative estimate of drug-likeness (QED) is 0.787. The summed E-state index contributed by atoms with van der Waals surface area (Å²) in [6, 6.07) is 7.25. The molecule has 7 nitrogen and oxygen atoms in total. The van der Waals surface area contributed by atoms with Gasteiger partial charge in [-0.2, -0.15) is 0 Å². The summed E-state index contributed by atoms with van der Waals surface area (Å²) < 4.78 is 0. The lowest BCUT2D eigenvalue weighted by molar-refractivity contribution is -0.136. The Balaban J connectivity index is 1.78. The number of carbonyl (C=O) groups excluding carboxylic acids is 4. The zero-order chi connectivity index (χ0) is 17.7. The molecule has 1 aromatic carbocycles. The average molecular weight is 349 g/mol. The van der Waals surface area contributed by atoms with E-state index in [9.17, 15) is 19.2 Å². The number of anilines is 1. The maximum absolute atomic E-state index is 11.8. The number of amides is 4. The summed E-state index contributed by atoms with van der Waals surface area (Å²) in [6.07, 6.45) is 0. The van der Waals surface area contributed by atoms with E-state index in [1.807, 2.05) is 12.1 Å². The van der Waals surface area contributed by atoms with Crippen LogP contribution in [0.4, 0.5) is 10.5 Å². The minimum absolute atomic E-state index is 0.0383. The third kappa shape index (κ3) is 4.58. The number of rotatable bonds is 5. The van der Waals surface area contributed by atoms with Gasteiger partial charge in [-0.05, 0) is 23.6 Å². The molecule has 24 heavy (non-hydrogen) atoms. The number of imide groups is 1. The first-order valence-corrected chi connectivity index (χ1v) is 8.53. The maximum atomic E-state index is 11.8. The molecule has 8 heteroatoms. The van der Waals surface area contributed by atoms with Crippen LogP contribution in [-0.4, -0.2) is 46.7 Å². The van der Waals surface area contributed by atoms with Crippen LogP contribution in [0, 0.1) is 0 Å². The third-order valence-electron chi connectivity index (χ3n) is 3.50. The maximum Gasteiger partial charge on any atom is 0.313 e. The highest BCUT2D eigenvalue weighted by Crippen LogP contribution is 2.18. The van der Waals surface area contributed by atoms with Gasteiger partial charge in [0.25, 0.3) is 5.24 Å². The van der Waals surface area contributed by atoms with E-state index in [4.69, 9.17) is 0 Å². The molecular formula is C16H19N3O4S. The Bertz CT molecular complexity index is 642. The van der Waals surface area contributed by atoms with Crippen LogP contribution < -0.4 is 10.6 Å². The molecule has 0 aromatic heterocycles. The Morgan fingerprint density at radius 2 is 1.83 bits per heavy atom. The smallest absolute Gasteiger partial charge is 0.313 e. The van der Waals surface area contributed by atoms with Gasteiger partial charge in [-0.3, -0.25) is 24.1 Å². The first-order valence-electron chi connectivity index (χ1n) is 7.54. The Hall–Kier alpha value is -2.35. The fourth-order valence-corrected chi connectivity index (χ4v) is 2.85. The van der Waals surface area contributed by atoms with E-state index < -0.39 is 11.8 Å². The molecule has 0 aliphatic carbocycles. The summed E-state index contributed by atoms with van der Waals surface area (Å²) in [6.45, 7) is 4.23. The van der Waals surface area contributed by atoms with Gasteiger partial charge in [0.15, 0.2) is 0 Å². The number of hydrogen-bond acceptors (Lipinski definition) is 5. The number of nitrogens with zero attached hydrogens (tertiary/aromatic N) is 1. The van der Waals surface area contributed by atoms with E-state index in [1.54, 1.807) is 12.1 Å². The summed E-state index contributed by atoms with van der Waals surface area (Å²) in [7, 11) is 0. The van der Waals surface area contributed by atoms with E-state index >= 15 is 0 Å². The number of nitrogens with one attached hydrogen (secondary N) is 2. The van der Waals surface area contributed by atoms with Crippen LogP contribution in [0.3, 0.4) is 0 Å². The lowest BCUT2D eigenvalue weighted by Crippen LogP contribution is -2.41. The van der Waals surface area contributed by atoms with Crippen LogP contribution in [0.15, 0.2) is 24.3 Å². The van der Waals surface area contributed by atoms with Crippen molar-refractivity contribution in [2.45, 2.75) is 19.8 Å². The van der Waals surface area contributed by atoms with E-state index in [-0.39, 0.29) is 30.0 Å². The third-order valence-corrected chi connectivity index (χ3v) is 4.36. The van der Waals surface area contributed by atoms with Crippen molar-refractivity contribution in [1.82, 2.24) is 10.2 Å². The van der Waals surface area contributed by atoms with Crippen LogP contribution in [-0.2, 0) is 14.4 Å². The molecule has 2 N–H and O–H groups in total. The van der Waals surface area contributed by atoms with Crippen LogP contribution in [0.1, 0.15) is 25.3 Å². The van der Waals surface area contributed by atoms with Gasteiger partial charge in [-0.1, -0.05) is 37.7 Å². The number of hydrogen-bond donors (Lipinski definition) is 2. The van der Waals surface area contributed by atoms with Crippen molar-refractivity contribution in [1.29, 1.82) is 0 Å². The predicted octanol–water partition coefficient (Wildman–Crippen LogP) is 1.56. The topological polar surface area (TPSA) is 95.6 Å². The van der Waals surface area contributed by atoms with Crippen molar-refractivity contribution >= 4 is 40.4 Å².